The quantitative estimate of drug-likeness (QED) is 0.508. The van der Waals surface area contributed by atoms with E-state index >= 15 is 0 Å². The van der Waals surface area contributed by atoms with Gasteiger partial charge in [0.25, 0.3) is 0 Å². The molecule has 0 aliphatic carbocycles. The Bertz CT molecular complexity index is 272. The summed E-state index contributed by atoms with van der Waals surface area (Å²) in [6.07, 6.45) is 1.49. The fourth-order valence-corrected chi connectivity index (χ4v) is 0.769. The third kappa shape index (κ3) is 1.75. The number of rotatable bonds is 3. The minimum atomic E-state index is -0.438. The van der Waals surface area contributed by atoms with E-state index in [2.05, 4.69) is 6.58 Å². The maximum Gasteiger partial charge on any atom is 0.341 e. The van der Waals surface area contributed by atoms with Gasteiger partial charge in [0.15, 0.2) is 0 Å². The van der Waals surface area contributed by atoms with Crippen molar-refractivity contribution in [2.75, 3.05) is 6.61 Å². The van der Waals surface area contributed by atoms with Crippen LogP contribution < -0.4 is 0 Å². The summed E-state index contributed by atoms with van der Waals surface area (Å²) >= 11 is 0. The molecule has 0 N–H and O–H groups in total. The van der Waals surface area contributed by atoms with Gasteiger partial charge in [-0.1, -0.05) is 6.58 Å². The van der Waals surface area contributed by atoms with Gasteiger partial charge in [-0.25, -0.2) is 4.79 Å². The summed E-state index contributed by atoms with van der Waals surface area (Å²) < 4.78 is 9.69. The van der Waals surface area contributed by atoms with Gasteiger partial charge in [-0.15, -0.1) is 0 Å². The van der Waals surface area contributed by atoms with Gasteiger partial charge in [0.05, 0.1) is 18.4 Å². The summed E-state index contributed by atoms with van der Waals surface area (Å²) in [5.41, 5.74) is 0.252. The van der Waals surface area contributed by atoms with Crippen molar-refractivity contribution in [3.05, 3.63) is 30.7 Å². The molecule has 0 aliphatic heterocycles. The van der Waals surface area contributed by atoms with Crippen molar-refractivity contribution in [1.29, 1.82) is 0 Å². The lowest BCUT2D eigenvalue weighted by molar-refractivity contribution is -0.136. The summed E-state index contributed by atoms with van der Waals surface area (Å²) in [6.45, 7) is 5.64. The maximum absolute atomic E-state index is 11.1. The second-order valence-corrected chi connectivity index (χ2v) is 2.18. The van der Waals surface area contributed by atoms with Crippen molar-refractivity contribution < 1.29 is 13.9 Å². The van der Waals surface area contributed by atoms with Crippen molar-refractivity contribution in [3.8, 4) is 0 Å². The first-order valence-corrected chi connectivity index (χ1v) is 3.65. The van der Waals surface area contributed by atoms with E-state index < -0.39 is 5.97 Å². The highest BCUT2D eigenvalue weighted by Crippen LogP contribution is 2.13. The van der Waals surface area contributed by atoms with Crippen LogP contribution in [0.2, 0.25) is 0 Å². The predicted molar refractivity (Wildman–Crippen MR) is 44.4 cm³/mol. The number of carbonyl (C=O) groups excluding carboxylic acids is 1. The van der Waals surface area contributed by atoms with Gasteiger partial charge in [-0.3, -0.25) is 0 Å². The zero-order valence-electron chi connectivity index (χ0n) is 6.87. The zero-order valence-corrected chi connectivity index (χ0v) is 6.87. The minimum Gasteiger partial charge on any atom is -0.464 e. The molecule has 3 nitrogen and oxygen atoms in total. The fourth-order valence-electron chi connectivity index (χ4n) is 0.769. The van der Waals surface area contributed by atoms with E-state index in [1.807, 2.05) is 0 Å². The molecule has 1 aromatic heterocycles. The first kappa shape index (κ1) is 8.59. The van der Waals surface area contributed by atoms with Crippen LogP contribution >= 0.6 is 0 Å². The normalized spacial score (nSPS) is 9.42. The van der Waals surface area contributed by atoms with Gasteiger partial charge in [-0.05, 0) is 19.1 Å². The molecular formula is C9H10O3. The molecule has 0 fully saturated rings. The van der Waals surface area contributed by atoms with Crippen LogP contribution in [0, 0.1) is 0 Å². The van der Waals surface area contributed by atoms with Gasteiger partial charge < -0.3 is 9.15 Å². The third-order valence-corrected chi connectivity index (χ3v) is 1.34. The van der Waals surface area contributed by atoms with E-state index in [9.17, 15) is 4.79 Å². The molecular weight excluding hydrogens is 156 g/mol. The number of carbonyl (C=O) groups is 1. The second-order valence-electron chi connectivity index (χ2n) is 2.18. The lowest BCUT2D eigenvalue weighted by atomic mass is 10.2. The molecule has 64 valence electrons. The Morgan fingerprint density at radius 3 is 3.00 bits per heavy atom. The van der Waals surface area contributed by atoms with Crippen LogP contribution in [0.15, 0.2) is 29.4 Å². The van der Waals surface area contributed by atoms with Gasteiger partial charge in [0.2, 0.25) is 0 Å². The minimum absolute atomic E-state index is 0.252. The van der Waals surface area contributed by atoms with Crippen molar-refractivity contribution in [1.82, 2.24) is 0 Å². The van der Waals surface area contributed by atoms with E-state index in [1.165, 1.54) is 6.26 Å². The van der Waals surface area contributed by atoms with Crippen molar-refractivity contribution >= 4 is 11.5 Å². The van der Waals surface area contributed by atoms with Crippen LogP contribution in [-0.4, -0.2) is 12.6 Å². The molecule has 1 heterocycles. The molecule has 0 unspecified atom stereocenters. The lowest BCUT2D eigenvalue weighted by Crippen LogP contribution is -2.04. The average Bonchev–Trinajstić information content (AvgIpc) is 2.55. The second kappa shape index (κ2) is 3.76. The van der Waals surface area contributed by atoms with Crippen LogP contribution in [0.25, 0.3) is 5.57 Å². The van der Waals surface area contributed by atoms with Crippen LogP contribution in [0.1, 0.15) is 12.7 Å². The molecule has 0 aliphatic rings. The lowest BCUT2D eigenvalue weighted by Gasteiger charge is -2.00. The SMILES string of the molecule is C=C(C(=O)OCC)c1ccco1. The molecule has 1 aromatic rings. The third-order valence-electron chi connectivity index (χ3n) is 1.34. The van der Waals surface area contributed by atoms with E-state index in [0.717, 1.165) is 0 Å². The molecule has 0 aromatic carbocycles. The molecule has 0 saturated carbocycles. The summed E-state index contributed by atoms with van der Waals surface area (Å²) in [7, 11) is 0. The Morgan fingerprint density at radius 2 is 2.50 bits per heavy atom. The first-order chi connectivity index (χ1) is 5.75. The number of ether oxygens (including phenoxy) is 1. The standard InChI is InChI=1S/C9H10O3/c1-3-11-9(10)7(2)8-5-4-6-12-8/h4-6H,2-3H2,1H3. The Balaban J connectivity index is 2.66. The number of hydrogen-bond donors (Lipinski definition) is 0. The highest BCUT2D eigenvalue weighted by Gasteiger charge is 2.11. The molecule has 3 heteroatoms. The van der Waals surface area contributed by atoms with E-state index in [4.69, 9.17) is 9.15 Å². The topological polar surface area (TPSA) is 39.4 Å². The highest BCUT2D eigenvalue weighted by atomic mass is 16.5. The number of hydrogen-bond acceptors (Lipinski definition) is 3. The molecule has 0 spiro atoms. The average molecular weight is 166 g/mol. The van der Waals surface area contributed by atoms with Crippen molar-refractivity contribution in [2.45, 2.75) is 6.92 Å². The number of esters is 1. The van der Waals surface area contributed by atoms with E-state index in [0.29, 0.717) is 12.4 Å². The maximum atomic E-state index is 11.1. The highest BCUT2D eigenvalue weighted by molar-refractivity contribution is 6.14. The Labute approximate surface area is 70.6 Å². The number of furan rings is 1. The molecule has 0 amide bonds. The van der Waals surface area contributed by atoms with Gasteiger partial charge >= 0.3 is 5.97 Å². The molecule has 0 atom stereocenters. The molecule has 12 heavy (non-hydrogen) atoms. The summed E-state index contributed by atoms with van der Waals surface area (Å²) in [5.74, 6) is 0.0147. The van der Waals surface area contributed by atoms with Gasteiger partial charge in [-0.2, -0.15) is 0 Å². The molecule has 1 rings (SSSR count). The Hall–Kier alpha value is -1.51. The smallest absolute Gasteiger partial charge is 0.341 e. The van der Waals surface area contributed by atoms with E-state index in [1.54, 1.807) is 19.1 Å². The predicted octanol–water partition coefficient (Wildman–Crippen LogP) is 1.86. The first-order valence-electron chi connectivity index (χ1n) is 3.65. The summed E-state index contributed by atoms with van der Waals surface area (Å²) in [6, 6.07) is 3.36. The zero-order chi connectivity index (χ0) is 8.97. The monoisotopic (exact) mass is 166 g/mol. The Morgan fingerprint density at radius 1 is 1.75 bits per heavy atom. The van der Waals surface area contributed by atoms with Gasteiger partial charge in [0, 0.05) is 0 Å². The van der Waals surface area contributed by atoms with Crippen LogP contribution in [-0.2, 0) is 9.53 Å². The van der Waals surface area contributed by atoms with Crippen LogP contribution in [0.3, 0.4) is 0 Å². The largest absolute Gasteiger partial charge is 0.464 e. The van der Waals surface area contributed by atoms with Crippen LogP contribution in [0.5, 0.6) is 0 Å². The van der Waals surface area contributed by atoms with Crippen molar-refractivity contribution in [2.24, 2.45) is 0 Å². The van der Waals surface area contributed by atoms with E-state index in [-0.39, 0.29) is 5.57 Å². The fraction of sp³-hybridized carbons (Fsp3) is 0.222. The van der Waals surface area contributed by atoms with Crippen molar-refractivity contribution in [3.63, 3.8) is 0 Å². The molecule has 0 saturated heterocycles. The molecule has 0 bridgehead atoms. The summed E-state index contributed by atoms with van der Waals surface area (Å²) in [5, 5.41) is 0. The van der Waals surface area contributed by atoms with Gasteiger partial charge in [0.1, 0.15) is 5.76 Å². The molecule has 0 radical (unpaired) electrons. The summed E-state index contributed by atoms with van der Waals surface area (Å²) in [4.78, 5) is 11.1. The van der Waals surface area contributed by atoms with Crippen LogP contribution in [0.4, 0.5) is 0 Å². The Kier molecular flexibility index (Phi) is 2.69.